The van der Waals surface area contributed by atoms with Crippen LogP contribution in [0.15, 0.2) is 40.9 Å². The lowest BCUT2D eigenvalue weighted by molar-refractivity contribution is 1.41. The predicted octanol–water partition coefficient (Wildman–Crippen LogP) is 4.62. The van der Waals surface area contributed by atoms with Crippen LogP contribution in [0.3, 0.4) is 0 Å². The van der Waals surface area contributed by atoms with Crippen LogP contribution in [0.5, 0.6) is 0 Å². The van der Waals surface area contributed by atoms with E-state index in [1.807, 2.05) is 31.2 Å². The number of fused-ring (bicyclic) bond motifs is 1. The number of halogens is 1. The van der Waals surface area contributed by atoms with Gasteiger partial charge in [0, 0.05) is 15.7 Å². The fraction of sp³-hybridized carbons (Fsp3) is 0.0714. The van der Waals surface area contributed by atoms with Crippen molar-refractivity contribution in [2.45, 2.75) is 6.92 Å². The lowest BCUT2D eigenvalue weighted by Gasteiger charge is -2.04. The third-order valence-electron chi connectivity index (χ3n) is 2.96. The first kappa shape index (κ1) is 11.7. The van der Waals surface area contributed by atoms with Gasteiger partial charge in [0.25, 0.3) is 0 Å². The quantitative estimate of drug-likeness (QED) is 0.665. The highest BCUT2D eigenvalue weighted by Crippen LogP contribution is 2.34. The summed E-state index contributed by atoms with van der Waals surface area (Å²) in [5.74, 6) is 0. The van der Waals surface area contributed by atoms with Gasteiger partial charge in [0.2, 0.25) is 0 Å². The van der Waals surface area contributed by atoms with Gasteiger partial charge in [0.1, 0.15) is 5.01 Å². The third-order valence-corrected chi connectivity index (χ3v) is 4.50. The molecule has 0 unspecified atom stereocenters. The molecule has 0 aliphatic heterocycles. The Balaban J connectivity index is 2.22. The maximum atomic E-state index is 5.95. The molecule has 2 N–H and O–H groups in total. The number of thiazole rings is 1. The minimum Gasteiger partial charge on any atom is -0.398 e. The fourth-order valence-electron chi connectivity index (χ4n) is 1.90. The Hall–Kier alpha value is -1.39. The summed E-state index contributed by atoms with van der Waals surface area (Å²) >= 11 is 5.17. The van der Waals surface area contributed by atoms with E-state index in [1.54, 1.807) is 11.3 Å². The van der Waals surface area contributed by atoms with Crippen molar-refractivity contribution in [2.24, 2.45) is 0 Å². The largest absolute Gasteiger partial charge is 0.398 e. The molecule has 2 aromatic carbocycles. The van der Waals surface area contributed by atoms with E-state index in [4.69, 9.17) is 5.73 Å². The molecule has 3 aromatic rings. The SMILES string of the molecule is Cc1c(N)cccc1-c1nc2ccc(Br)cc2s1. The van der Waals surface area contributed by atoms with Gasteiger partial charge in [-0.2, -0.15) is 0 Å². The topological polar surface area (TPSA) is 38.9 Å². The molecule has 4 heteroatoms. The van der Waals surface area contributed by atoms with Crippen molar-refractivity contribution in [3.05, 3.63) is 46.4 Å². The molecule has 0 aliphatic rings. The van der Waals surface area contributed by atoms with E-state index < -0.39 is 0 Å². The molecule has 0 saturated carbocycles. The van der Waals surface area contributed by atoms with Crippen molar-refractivity contribution in [1.82, 2.24) is 4.98 Å². The predicted molar refractivity (Wildman–Crippen MR) is 81.9 cm³/mol. The molecule has 0 saturated heterocycles. The van der Waals surface area contributed by atoms with Crippen LogP contribution in [0.4, 0.5) is 5.69 Å². The highest BCUT2D eigenvalue weighted by Gasteiger charge is 2.10. The Morgan fingerprint density at radius 3 is 2.89 bits per heavy atom. The lowest BCUT2D eigenvalue weighted by Crippen LogP contribution is -1.91. The van der Waals surface area contributed by atoms with E-state index in [0.717, 1.165) is 31.8 Å². The maximum Gasteiger partial charge on any atom is 0.124 e. The Bertz CT molecular complexity index is 734. The minimum absolute atomic E-state index is 0.813. The van der Waals surface area contributed by atoms with E-state index in [9.17, 15) is 0 Å². The number of nitrogens with two attached hydrogens (primary N) is 1. The molecule has 0 fully saturated rings. The molecule has 2 nitrogen and oxygen atoms in total. The number of aromatic nitrogens is 1. The molecular formula is C14H11BrN2S. The first-order valence-electron chi connectivity index (χ1n) is 5.57. The summed E-state index contributed by atoms with van der Waals surface area (Å²) in [6, 6.07) is 12.1. The third kappa shape index (κ3) is 1.91. The minimum atomic E-state index is 0.813. The van der Waals surface area contributed by atoms with E-state index in [1.165, 1.54) is 4.70 Å². The Morgan fingerprint density at radius 1 is 1.22 bits per heavy atom. The van der Waals surface area contributed by atoms with E-state index in [0.29, 0.717) is 0 Å². The molecule has 0 bridgehead atoms. The number of rotatable bonds is 1. The average molecular weight is 319 g/mol. The maximum absolute atomic E-state index is 5.95. The number of nitrogens with zero attached hydrogens (tertiary/aromatic N) is 1. The van der Waals surface area contributed by atoms with Crippen LogP contribution in [0.2, 0.25) is 0 Å². The van der Waals surface area contributed by atoms with Gasteiger partial charge in [-0.1, -0.05) is 28.1 Å². The molecule has 0 spiro atoms. The van der Waals surface area contributed by atoms with Gasteiger partial charge >= 0.3 is 0 Å². The van der Waals surface area contributed by atoms with Crippen LogP contribution in [0, 0.1) is 6.92 Å². The van der Waals surface area contributed by atoms with E-state index >= 15 is 0 Å². The molecule has 0 atom stereocenters. The zero-order valence-electron chi connectivity index (χ0n) is 9.77. The van der Waals surface area contributed by atoms with Gasteiger partial charge in [0.05, 0.1) is 10.2 Å². The van der Waals surface area contributed by atoms with Crippen molar-refractivity contribution >= 4 is 43.2 Å². The number of benzene rings is 2. The molecule has 0 aliphatic carbocycles. The van der Waals surface area contributed by atoms with Gasteiger partial charge in [-0.05, 0) is 36.8 Å². The van der Waals surface area contributed by atoms with Gasteiger partial charge in [-0.3, -0.25) is 0 Å². The van der Waals surface area contributed by atoms with Crippen LogP contribution in [-0.2, 0) is 0 Å². The standard InChI is InChI=1S/C14H11BrN2S/c1-8-10(3-2-4-11(8)16)14-17-12-6-5-9(15)7-13(12)18-14/h2-7H,16H2,1H3. The van der Waals surface area contributed by atoms with E-state index in [2.05, 4.69) is 33.0 Å². The van der Waals surface area contributed by atoms with Crippen molar-refractivity contribution in [2.75, 3.05) is 5.73 Å². The van der Waals surface area contributed by atoms with Gasteiger partial charge in [-0.15, -0.1) is 11.3 Å². The summed E-state index contributed by atoms with van der Waals surface area (Å²) < 4.78 is 2.26. The Morgan fingerprint density at radius 2 is 2.06 bits per heavy atom. The Kier molecular flexibility index (Phi) is 2.84. The fourth-order valence-corrected chi connectivity index (χ4v) is 3.50. The second-order valence-electron chi connectivity index (χ2n) is 4.15. The summed E-state index contributed by atoms with van der Waals surface area (Å²) in [5.41, 5.74) is 10.00. The van der Waals surface area contributed by atoms with Crippen LogP contribution >= 0.6 is 27.3 Å². The molecule has 90 valence electrons. The normalized spacial score (nSPS) is 11.0. The molecule has 0 radical (unpaired) electrons. The smallest absolute Gasteiger partial charge is 0.124 e. The van der Waals surface area contributed by atoms with Gasteiger partial charge in [0.15, 0.2) is 0 Å². The average Bonchev–Trinajstić information content (AvgIpc) is 2.75. The number of hydrogen-bond acceptors (Lipinski definition) is 3. The highest BCUT2D eigenvalue weighted by atomic mass is 79.9. The number of anilines is 1. The van der Waals surface area contributed by atoms with Crippen LogP contribution in [0.1, 0.15) is 5.56 Å². The molecule has 3 rings (SSSR count). The monoisotopic (exact) mass is 318 g/mol. The lowest BCUT2D eigenvalue weighted by atomic mass is 10.1. The molecule has 1 aromatic heterocycles. The van der Waals surface area contributed by atoms with Gasteiger partial charge < -0.3 is 5.73 Å². The van der Waals surface area contributed by atoms with E-state index in [-0.39, 0.29) is 0 Å². The highest BCUT2D eigenvalue weighted by molar-refractivity contribution is 9.10. The first-order chi connectivity index (χ1) is 8.65. The molecular weight excluding hydrogens is 308 g/mol. The number of hydrogen-bond donors (Lipinski definition) is 1. The summed E-state index contributed by atoms with van der Waals surface area (Å²) in [6.45, 7) is 2.03. The zero-order chi connectivity index (χ0) is 12.7. The van der Waals surface area contributed by atoms with Crippen LogP contribution in [0.25, 0.3) is 20.8 Å². The zero-order valence-corrected chi connectivity index (χ0v) is 12.2. The molecule has 0 amide bonds. The van der Waals surface area contributed by atoms with Crippen molar-refractivity contribution < 1.29 is 0 Å². The van der Waals surface area contributed by atoms with Crippen molar-refractivity contribution in [3.8, 4) is 10.6 Å². The Labute approximate surface area is 118 Å². The molecule has 1 heterocycles. The first-order valence-corrected chi connectivity index (χ1v) is 7.17. The van der Waals surface area contributed by atoms with Crippen molar-refractivity contribution in [1.29, 1.82) is 0 Å². The summed E-state index contributed by atoms with van der Waals surface area (Å²) in [6.07, 6.45) is 0. The van der Waals surface area contributed by atoms with Gasteiger partial charge in [-0.25, -0.2) is 4.98 Å². The summed E-state index contributed by atoms with van der Waals surface area (Å²) in [7, 11) is 0. The second kappa shape index (κ2) is 4.37. The number of nitrogen functional groups attached to an aromatic ring is 1. The second-order valence-corrected chi connectivity index (χ2v) is 6.10. The summed E-state index contributed by atoms with van der Waals surface area (Å²) in [5, 5.41) is 1.02. The van der Waals surface area contributed by atoms with Crippen molar-refractivity contribution in [3.63, 3.8) is 0 Å². The van der Waals surface area contributed by atoms with Crippen LogP contribution in [-0.4, -0.2) is 4.98 Å². The molecule has 18 heavy (non-hydrogen) atoms. The summed E-state index contributed by atoms with van der Waals surface area (Å²) in [4.78, 5) is 4.67. The van der Waals surface area contributed by atoms with Crippen LogP contribution < -0.4 is 5.73 Å².